The van der Waals surface area contributed by atoms with Crippen LogP contribution in [0.25, 0.3) is 0 Å². The van der Waals surface area contributed by atoms with E-state index in [0.717, 1.165) is 16.8 Å². The summed E-state index contributed by atoms with van der Waals surface area (Å²) in [5.41, 5.74) is 2.53. The maximum absolute atomic E-state index is 13.3. The lowest BCUT2D eigenvalue weighted by molar-refractivity contribution is 0.626. The van der Waals surface area contributed by atoms with Crippen molar-refractivity contribution in [2.45, 2.75) is 19.9 Å². The summed E-state index contributed by atoms with van der Waals surface area (Å²) in [5.74, 6) is -0.251. The first-order chi connectivity index (χ1) is 8.45. The zero-order chi connectivity index (χ0) is 13.3. The first-order valence-corrected chi connectivity index (χ1v) is 7.01. The van der Waals surface area contributed by atoms with Crippen LogP contribution in [0.5, 0.6) is 0 Å². The third kappa shape index (κ3) is 3.16. The fourth-order valence-corrected chi connectivity index (χ4v) is 3.44. The van der Waals surface area contributed by atoms with Crippen LogP contribution in [0.2, 0.25) is 8.67 Å². The van der Waals surface area contributed by atoms with Gasteiger partial charge in [0.15, 0.2) is 0 Å². The van der Waals surface area contributed by atoms with E-state index >= 15 is 0 Å². The second kappa shape index (κ2) is 5.47. The molecule has 1 nitrogen and oxygen atoms in total. The number of anilines is 1. The Balaban J connectivity index is 2.20. The predicted octanol–water partition coefficient (Wildman–Crippen LogP) is 5.68. The van der Waals surface area contributed by atoms with Gasteiger partial charge in [-0.2, -0.15) is 0 Å². The van der Waals surface area contributed by atoms with Crippen molar-refractivity contribution < 1.29 is 4.39 Å². The Morgan fingerprint density at radius 1 is 1.22 bits per heavy atom. The van der Waals surface area contributed by atoms with E-state index in [1.54, 1.807) is 0 Å². The molecule has 0 amide bonds. The van der Waals surface area contributed by atoms with Gasteiger partial charge in [0.25, 0.3) is 0 Å². The van der Waals surface area contributed by atoms with Gasteiger partial charge in [-0.25, -0.2) is 4.39 Å². The van der Waals surface area contributed by atoms with Gasteiger partial charge in [-0.15, -0.1) is 11.3 Å². The van der Waals surface area contributed by atoms with Gasteiger partial charge in [0.05, 0.1) is 14.7 Å². The fourth-order valence-electron chi connectivity index (χ4n) is 1.80. The quantitative estimate of drug-likeness (QED) is 0.769. The lowest BCUT2D eigenvalue weighted by Crippen LogP contribution is -2.06. The molecule has 1 aromatic carbocycles. The van der Waals surface area contributed by atoms with Gasteiger partial charge in [0.1, 0.15) is 5.82 Å². The van der Waals surface area contributed by atoms with Crippen LogP contribution in [0.15, 0.2) is 24.3 Å². The van der Waals surface area contributed by atoms with E-state index in [4.69, 9.17) is 23.2 Å². The molecular formula is C13H12Cl2FNS. The minimum atomic E-state index is -0.251. The molecule has 0 saturated heterocycles. The summed E-state index contributed by atoms with van der Waals surface area (Å²) in [5, 5.41) is 3.22. The van der Waals surface area contributed by atoms with Crippen molar-refractivity contribution in [3.05, 3.63) is 49.9 Å². The van der Waals surface area contributed by atoms with Crippen LogP contribution in [-0.4, -0.2) is 0 Å². The average molecular weight is 304 g/mol. The van der Waals surface area contributed by atoms with Gasteiger partial charge in [-0.3, -0.25) is 0 Å². The molecule has 0 radical (unpaired) electrons. The molecule has 1 heterocycles. The van der Waals surface area contributed by atoms with Crippen molar-refractivity contribution in [3.8, 4) is 0 Å². The molecule has 0 fully saturated rings. The summed E-state index contributed by atoms with van der Waals surface area (Å²) >= 11 is 13.3. The molecular weight excluding hydrogens is 292 g/mol. The van der Waals surface area contributed by atoms with E-state index in [2.05, 4.69) is 5.32 Å². The van der Waals surface area contributed by atoms with Crippen molar-refractivity contribution in [2.75, 3.05) is 5.32 Å². The van der Waals surface area contributed by atoms with E-state index in [1.807, 2.05) is 26.0 Å². The lowest BCUT2D eigenvalue weighted by atomic mass is 10.1. The molecule has 0 saturated carbocycles. The van der Waals surface area contributed by atoms with E-state index in [-0.39, 0.29) is 11.9 Å². The summed E-state index contributed by atoms with van der Waals surface area (Å²) in [7, 11) is 0. The molecule has 18 heavy (non-hydrogen) atoms. The number of halogens is 3. The monoisotopic (exact) mass is 303 g/mol. The number of thiophene rings is 1. The van der Waals surface area contributed by atoms with Crippen LogP contribution >= 0.6 is 34.5 Å². The highest BCUT2D eigenvalue weighted by Crippen LogP contribution is 2.36. The normalized spacial score (nSPS) is 12.5. The van der Waals surface area contributed by atoms with Crippen molar-refractivity contribution >= 4 is 40.2 Å². The first-order valence-electron chi connectivity index (χ1n) is 5.44. The molecule has 0 spiro atoms. The van der Waals surface area contributed by atoms with Crippen LogP contribution in [-0.2, 0) is 0 Å². The van der Waals surface area contributed by atoms with Crippen molar-refractivity contribution in [1.29, 1.82) is 0 Å². The number of hydrogen-bond acceptors (Lipinski definition) is 2. The molecule has 5 heteroatoms. The smallest absolute Gasteiger partial charge is 0.125 e. The summed E-state index contributed by atoms with van der Waals surface area (Å²) in [6, 6.07) is 6.65. The Morgan fingerprint density at radius 2 is 1.94 bits per heavy atom. The van der Waals surface area contributed by atoms with E-state index in [9.17, 15) is 4.39 Å². The van der Waals surface area contributed by atoms with Gasteiger partial charge in [0.2, 0.25) is 0 Å². The molecule has 2 aromatic rings. The Labute approximate surface area is 120 Å². The first kappa shape index (κ1) is 13.7. The van der Waals surface area contributed by atoms with Gasteiger partial charge in [0, 0.05) is 11.3 Å². The lowest BCUT2D eigenvalue weighted by Gasteiger charge is -2.15. The highest BCUT2D eigenvalue weighted by Gasteiger charge is 2.13. The Hall–Kier alpha value is -0.770. The summed E-state index contributed by atoms with van der Waals surface area (Å²) in [6.45, 7) is 3.82. The highest BCUT2D eigenvalue weighted by molar-refractivity contribution is 7.20. The molecule has 1 N–H and O–H groups in total. The minimum Gasteiger partial charge on any atom is -0.378 e. The van der Waals surface area contributed by atoms with E-state index in [1.165, 1.54) is 23.5 Å². The molecule has 0 aliphatic heterocycles. The number of benzene rings is 1. The summed E-state index contributed by atoms with van der Waals surface area (Å²) in [6.07, 6.45) is 0. The van der Waals surface area contributed by atoms with E-state index < -0.39 is 0 Å². The van der Waals surface area contributed by atoms with Crippen LogP contribution in [0.4, 0.5) is 10.1 Å². The van der Waals surface area contributed by atoms with Crippen LogP contribution in [0.1, 0.15) is 24.1 Å². The third-order valence-corrected chi connectivity index (χ3v) is 4.09. The molecule has 0 aliphatic carbocycles. The van der Waals surface area contributed by atoms with Crippen molar-refractivity contribution in [2.24, 2.45) is 0 Å². The molecule has 1 aromatic heterocycles. The van der Waals surface area contributed by atoms with Gasteiger partial charge in [-0.05, 0) is 43.7 Å². The average Bonchev–Trinajstić information content (AvgIpc) is 2.56. The Kier molecular flexibility index (Phi) is 4.15. The summed E-state index contributed by atoms with van der Waals surface area (Å²) < 4.78 is 14.6. The molecule has 1 atom stereocenters. The largest absolute Gasteiger partial charge is 0.378 e. The van der Waals surface area contributed by atoms with Crippen LogP contribution in [0.3, 0.4) is 0 Å². The molecule has 96 valence electrons. The van der Waals surface area contributed by atoms with Crippen LogP contribution < -0.4 is 5.32 Å². The predicted molar refractivity (Wildman–Crippen MR) is 77.5 cm³/mol. The SMILES string of the molecule is Cc1cc(F)cc(NC(C)c2cc(Cl)sc2Cl)c1. The number of rotatable bonds is 3. The van der Waals surface area contributed by atoms with Gasteiger partial charge < -0.3 is 5.32 Å². The van der Waals surface area contributed by atoms with Gasteiger partial charge in [-0.1, -0.05) is 23.2 Å². The number of aryl methyl sites for hydroxylation is 1. The highest BCUT2D eigenvalue weighted by atomic mass is 35.5. The fraction of sp³-hybridized carbons (Fsp3) is 0.231. The molecule has 2 rings (SSSR count). The minimum absolute atomic E-state index is 0.0255. The zero-order valence-corrected chi connectivity index (χ0v) is 12.3. The third-order valence-electron chi connectivity index (χ3n) is 2.57. The number of hydrogen-bond donors (Lipinski definition) is 1. The molecule has 0 aliphatic rings. The van der Waals surface area contributed by atoms with E-state index in [0.29, 0.717) is 8.67 Å². The molecule has 0 bridgehead atoms. The Bertz CT molecular complexity index is 548. The zero-order valence-electron chi connectivity index (χ0n) is 9.93. The maximum Gasteiger partial charge on any atom is 0.125 e. The summed E-state index contributed by atoms with van der Waals surface area (Å²) in [4.78, 5) is 0. The van der Waals surface area contributed by atoms with Crippen molar-refractivity contribution in [1.82, 2.24) is 0 Å². The maximum atomic E-state index is 13.3. The number of nitrogens with one attached hydrogen (secondary N) is 1. The second-order valence-electron chi connectivity index (χ2n) is 4.16. The second-order valence-corrected chi connectivity index (χ2v) is 6.45. The Morgan fingerprint density at radius 3 is 2.50 bits per heavy atom. The van der Waals surface area contributed by atoms with Crippen LogP contribution in [0, 0.1) is 12.7 Å². The van der Waals surface area contributed by atoms with Gasteiger partial charge >= 0.3 is 0 Å². The van der Waals surface area contributed by atoms with Crippen molar-refractivity contribution in [3.63, 3.8) is 0 Å². The standard InChI is InChI=1S/C13H12Cl2FNS/c1-7-3-9(16)5-10(4-7)17-8(2)11-6-12(14)18-13(11)15/h3-6,8,17H,1-2H3. The topological polar surface area (TPSA) is 12.0 Å². The molecule has 1 unspecified atom stereocenters.